The Morgan fingerprint density at radius 1 is 1.12 bits per heavy atom. The summed E-state index contributed by atoms with van der Waals surface area (Å²) in [7, 11) is 0. The second-order valence-corrected chi connectivity index (χ2v) is 6.21. The molecule has 0 saturated carbocycles. The van der Waals surface area contributed by atoms with Gasteiger partial charge in [0.1, 0.15) is 5.92 Å². The Kier molecular flexibility index (Phi) is 4.65. The molecule has 0 aliphatic carbocycles. The van der Waals surface area contributed by atoms with Crippen LogP contribution in [-0.2, 0) is 16.0 Å². The van der Waals surface area contributed by atoms with E-state index in [0.717, 1.165) is 23.4 Å². The molecule has 124 valence electrons. The molecule has 1 fully saturated rings. The first-order valence-corrected chi connectivity index (χ1v) is 8.36. The van der Waals surface area contributed by atoms with Gasteiger partial charge in [0.2, 0.25) is 11.8 Å². The monoisotopic (exact) mass is 322 g/mol. The van der Waals surface area contributed by atoms with E-state index >= 15 is 0 Å². The number of carbonyl (C=O) groups excluding carboxylic acids is 2. The van der Waals surface area contributed by atoms with Crippen LogP contribution in [0.4, 0.5) is 11.4 Å². The van der Waals surface area contributed by atoms with Crippen molar-refractivity contribution in [2.24, 2.45) is 5.92 Å². The maximum atomic E-state index is 12.6. The summed E-state index contributed by atoms with van der Waals surface area (Å²) in [5.41, 5.74) is 3.96. The van der Waals surface area contributed by atoms with Gasteiger partial charge in [-0.1, -0.05) is 36.8 Å². The van der Waals surface area contributed by atoms with Crippen molar-refractivity contribution in [2.45, 2.75) is 26.7 Å². The largest absolute Gasteiger partial charge is 0.325 e. The summed E-state index contributed by atoms with van der Waals surface area (Å²) in [6, 6.07) is 15.6. The number of carbonyl (C=O) groups is 2. The molecule has 2 aromatic carbocycles. The molecule has 0 bridgehead atoms. The molecule has 0 spiro atoms. The van der Waals surface area contributed by atoms with E-state index in [1.54, 1.807) is 4.90 Å². The molecule has 3 rings (SSSR count). The van der Waals surface area contributed by atoms with Gasteiger partial charge in [-0.25, -0.2) is 0 Å². The van der Waals surface area contributed by atoms with Gasteiger partial charge in [-0.2, -0.15) is 0 Å². The Hall–Kier alpha value is -2.62. The maximum Gasteiger partial charge on any atom is 0.239 e. The number of benzene rings is 2. The zero-order valence-corrected chi connectivity index (χ0v) is 14.1. The SMILES string of the molecule is CCc1ccc(N2CC[C@@H](C(=O)Nc3ccc(C)cc3)C2=O)cc1. The second kappa shape index (κ2) is 6.87. The highest BCUT2D eigenvalue weighted by molar-refractivity contribution is 6.13. The summed E-state index contributed by atoms with van der Waals surface area (Å²) >= 11 is 0. The van der Waals surface area contributed by atoms with Crippen molar-refractivity contribution in [2.75, 3.05) is 16.8 Å². The molecule has 1 aliphatic heterocycles. The van der Waals surface area contributed by atoms with Gasteiger partial charge in [0.25, 0.3) is 0 Å². The molecule has 1 saturated heterocycles. The summed E-state index contributed by atoms with van der Waals surface area (Å²) in [4.78, 5) is 26.7. The number of amides is 2. The number of nitrogens with zero attached hydrogens (tertiary/aromatic N) is 1. The van der Waals surface area contributed by atoms with Gasteiger partial charge in [0.15, 0.2) is 0 Å². The molecule has 1 aliphatic rings. The van der Waals surface area contributed by atoms with Crippen molar-refractivity contribution >= 4 is 23.2 Å². The Morgan fingerprint density at radius 3 is 2.42 bits per heavy atom. The van der Waals surface area contributed by atoms with E-state index in [0.29, 0.717) is 13.0 Å². The molecule has 0 radical (unpaired) electrons. The zero-order valence-electron chi connectivity index (χ0n) is 14.1. The molecule has 1 atom stereocenters. The summed E-state index contributed by atoms with van der Waals surface area (Å²) < 4.78 is 0. The number of rotatable bonds is 4. The van der Waals surface area contributed by atoms with Crippen molar-refractivity contribution in [3.05, 3.63) is 59.7 Å². The lowest BCUT2D eigenvalue weighted by Crippen LogP contribution is -2.33. The molecular weight excluding hydrogens is 300 g/mol. The van der Waals surface area contributed by atoms with Gasteiger partial charge in [-0.05, 0) is 49.6 Å². The smallest absolute Gasteiger partial charge is 0.239 e. The first-order valence-electron chi connectivity index (χ1n) is 8.36. The Labute approximate surface area is 142 Å². The van der Waals surface area contributed by atoms with Crippen LogP contribution in [0.1, 0.15) is 24.5 Å². The molecule has 4 heteroatoms. The van der Waals surface area contributed by atoms with Gasteiger partial charge < -0.3 is 10.2 Å². The lowest BCUT2D eigenvalue weighted by molar-refractivity contribution is -0.129. The van der Waals surface area contributed by atoms with Gasteiger partial charge >= 0.3 is 0 Å². The van der Waals surface area contributed by atoms with E-state index < -0.39 is 5.92 Å². The van der Waals surface area contributed by atoms with Crippen molar-refractivity contribution in [3.63, 3.8) is 0 Å². The third-order valence-electron chi connectivity index (χ3n) is 4.50. The van der Waals surface area contributed by atoms with Crippen LogP contribution in [0.3, 0.4) is 0 Å². The fourth-order valence-electron chi connectivity index (χ4n) is 2.96. The van der Waals surface area contributed by atoms with E-state index in [2.05, 4.69) is 12.2 Å². The highest BCUT2D eigenvalue weighted by Crippen LogP contribution is 2.26. The third kappa shape index (κ3) is 3.32. The molecule has 4 nitrogen and oxygen atoms in total. The molecule has 2 amide bonds. The summed E-state index contributed by atoms with van der Waals surface area (Å²) in [5.74, 6) is -0.961. The maximum absolute atomic E-state index is 12.6. The minimum absolute atomic E-state index is 0.121. The molecule has 0 unspecified atom stereocenters. The van der Waals surface area contributed by atoms with Gasteiger partial charge in [0.05, 0.1) is 0 Å². The highest BCUT2D eigenvalue weighted by atomic mass is 16.2. The average molecular weight is 322 g/mol. The van der Waals surface area contributed by atoms with Crippen LogP contribution < -0.4 is 10.2 Å². The van der Waals surface area contributed by atoms with Crippen molar-refractivity contribution in [1.82, 2.24) is 0 Å². The van der Waals surface area contributed by atoms with E-state index in [1.807, 2.05) is 55.5 Å². The molecule has 1 heterocycles. The third-order valence-corrected chi connectivity index (χ3v) is 4.50. The lowest BCUT2D eigenvalue weighted by Gasteiger charge is -2.17. The Morgan fingerprint density at radius 2 is 1.79 bits per heavy atom. The Bertz CT molecular complexity index is 735. The predicted molar refractivity (Wildman–Crippen MR) is 96.1 cm³/mol. The number of nitrogens with one attached hydrogen (secondary N) is 1. The van der Waals surface area contributed by atoms with Crippen LogP contribution in [0.15, 0.2) is 48.5 Å². The van der Waals surface area contributed by atoms with E-state index in [4.69, 9.17) is 0 Å². The van der Waals surface area contributed by atoms with Crippen LogP contribution in [0.2, 0.25) is 0 Å². The molecule has 24 heavy (non-hydrogen) atoms. The predicted octanol–water partition coefficient (Wildman–Crippen LogP) is 3.55. The number of anilines is 2. The van der Waals surface area contributed by atoms with Crippen molar-refractivity contribution in [1.29, 1.82) is 0 Å². The van der Waals surface area contributed by atoms with E-state index in [9.17, 15) is 9.59 Å². The molecular formula is C20H22N2O2. The summed E-state index contributed by atoms with van der Waals surface area (Å²) in [6.45, 7) is 4.67. The minimum Gasteiger partial charge on any atom is -0.325 e. The zero-order chi connectivity index (χ0) is 17.1. The van der Waals surface area contributed by atoms with Crippen LogP contribution in [0.5, 0.6) is 0 Å². The van der Waals surface area contributed by atoms with Crippen LogP contribution in [0.25, 0.3) is 0 Å². The second-order valence-electron chi connectivity index (χ2n) is 6.21. The van der Waals surface area contributed by atoms with Gasteiger partial charge in [-0.3, -0.25) is 9.59 Å². The molecule has 0 aromatic heterocycles. The number of hydrogen-bond donors (Lipinski definition) is 1. The van der Waals surface area contributed by atoms with E-state index in [-0.39, 0.29) is 11.8 Å². The average Bonchev–Trinajstić information content (AvgIpc) is 2.98. The van der Waals surface area contributed by atoms with Crippen molar-refractivity contribution < 1.29 is 9.59 Å². The quantitative estimate of drug-likeness (QED) is 0.875. The molecule has 2 aromatic rings. The van der Waals surface area contributed by atoms with Crippen molar-refractivity contribution in [3.8, 4) is 0 Å². The fourth-order valence-corrected chi connectivity index (χ4v) is 2.96. The highest BCUT2D eigenvalue weighted by Gasteiger charge is 2.37. The standard InChI is InChI=1S/C20H22N2O2/c1-3-15-6-10-17(11-7-15)22-13-12-18(20(22)24)19(23)21-16-8-4-14(2)5-9-16/h4-11,18H,3,12-13H2,1-2H3,(H,21,23)/t18-/m0/s1. The van der Waals surface area contributed by atoms with Gasteiger partial charge in [-0.15, -0.1) is 0 Å². The first-order chi connectivity index (χ1) is 11.6. The number of aryl methyl sites for hydroxylation is 2. The van der Waals surface area contributed by atoms with Crippen LogP contribution in [-0.4, -0.2) is 18.4 Å². The Balaban J connectivity index is 1.68. The summed E-state index contributed by atoms with van der Waals surface area (Å²) in [5, 5.41) is 2.85. The topological polar surface area (TPSA) is 49.4 Å². The fraction of sp³-hybridized carbons (Fsp3) is 0.300. The summed E-state index contributed by atoms with van der Waals surface area (Å²) in [6.07, 6.45) is 1.52. The minimum atomic E-state index is -0.614. The van der Waals surface area contributed by atoms with Crippen LogP contribution in [0, 0.1) is 12.8 Å². The number of hydrogen-bond acceptors (Lipinski definition) is 2. The molecule has 1 N–H and O–H groups in total. The first kappa shape index (κ1) is 16.2. The van der Waals surface area contributed by atoms with Gasteiger partial charge in [0, 0.05) is 17.9 Å². The van der Waals surface area contributed by atoms with Crippen LogP contribution >= 0.6 is 0 Å². The lowest BCUT2D eigenvalue weighted by atomic mass is 10.1. The normalized spacial score (nSPS) is 17.2. The van der Waals surface area contributed by atoms with E-state index in [1.165, 1.54) is 5.56 Å².